The second kappa shape index (κ2) is 8.29. The van der Waals surface area contributed by atoms with Crippen LogP contribution in [0.15, 0.2) is 30.3 Å². The first-order valence-electron chi connectivity index (χ1n) is 9.29. The number of carbonyl (C=O) groups excluding carboxylic acids is 3. The molecule has 0 saturated carbocycles. The standard InChI is InChI=1S/C21H25N3O4/c1-14-11-15(2)22-19(14)20(26)23-8-7-18(25)24(10-9-23)13-16-5-4-6-17(12-16)21(27)28-3/h4-6,11-12,22H,7-10,13H2,1-3H3. The SMILES string of the molecule is COC(=O)c1cccc(CN2CCN(C(=O)c3[nH]c(C)cc3C)CCC2=O)c1. The molecule has 0 aliphatic carbocycles. The Bertz CT molecular complexity index is 903. The molecule has 7 heteroatoms. The molecule has 1 N–H and O–H groups in total. The van der Waals surface area contributed by atoms with E-state index in [9.17, 15) is 14.4 Å². The van der Waals surface area contributed by atoms with E-state index in [0.29, 0.717) is 37.4 Å². The van der Waals surface area contributed by atoms with Crippen LogP contribution in [0, 0.1) is 13.8 Å². The molecule has 1 aromatic heterocycles. The monoisotopic (exact) mass is 383 g/mol. The van der Waals surface area contributed by atoms with Crippen molar-refractivity contribution in [1.29, 1.82) is 0 Å². The highest BCUT2D eigenvalue weighted by molar-refractivity contribution is 5.94. The lowest BCUT2D eigenvalue weighted by Gasteiger charge is -2.22. The second-order valence-corrected chi connectivity index (χ2v) is 7.06. The first kappa shape index (κ1) is 19.7. The van der Waals surface area contributed by atoms with E-state index in [1.54, 1.807) is 28.0 Å². The molecule has 1 fully saturated rings. The van der Waals surface area contributed by atoms with Crippen LogP contribution in [-0.2, 0) is 16.1 Å². The Morgan fingerprint density at radius 2 is 1.93 bits per heavy atom. The maximum Gasteiger partial charge on any atom is 0.337 e. The zero-order valence-electron chi connectivity index (χ0n) is 16.4. The first-order valence-corrected chi connectivity index (χ1v) is 9.29. The summed E-state index contributed by atoms with van der Waals surface area (Å²) in [5.74, 6) is -0.483. The molecule has 0 radical (unpaired) electrons. The number of benzene rings is 1. The van der Waals surface area contributed by atoms with E-state index in [0.717, 1.165) is 16.8 Å². The van der Waals surface area contributed by atoms with Crippen molar-refractivity contribution in [3.05, 3.63) is 58.4 Å². The molecule has 0 bridgehead atoms. The third kappa shape index (κ3) is 4.24. The third-order valence-electron chi connectivity index (χ3n) is 4.96. The number of hydrogen-bond donors (Lipinski definition) is 1. The fourth-order valence-electron chi connectivity index (χ4n) is 3.48. The van der Waals surface area contributed by atoms with Gasteiger partial charge >= 0.3 is 5.97 Å². The summed E-state index contributed by atoms with van der Waals surface area (Å²) in [6.07, 6.45) is 0.279. The van der Waals surface area contributed by atoms with Crippen LogP contribution in [0.2, 0.25) is 0 Å². The van der Waals surface area contributed by atoms with Crippen LogP contribution in [0.1, 0.15) is 44.1 Å². The number of aromatic amines is 1. The molecule has 0 spiro atoms. The summed E-state index contributed by atoms with van der Waals surface area (Å²) >= 11 is 0. The first-order chi connectivity index (χ1) is 13.4. The lowest BCUT2D eigenvalue weighted by atomic mass is 10.1. The van der Waals surface area contributed by atoms with E-state index in [-0.39, 0.29) is 18.2 Å². The quantitative estimate of drug-likeness (QED) is 0.822. The van der Waals surface area contributed by atoms with Crippen LogP contribution in [-0.4, -0.2) is 59.3 Å². The number of nitrogens with zero attached hydrogens (tertiary/aromatic N) is 2. The zero-order valence-corrected chi connectivity index (χ0v) is 16.4. The highest BCUT2D eigenvalue weighted by atomic mass is 16.5. The van der Waals surface area contributed by atoms with Gasteiger partial charge in [-0.3, -0.25) is 9.59 Å². The van der Waals surface area contributed by atoms with Crippen molar-refractivity contribution in [2.24, 2.45) is 0 Å². The van der Waals surface area contributed by atoms with Gasteiger partial charge in [-0.2, -0.15) is 0 Å². The minimum absolute atomic E-state index is 0.00170. The summed E-state index contributed by atoms with van der Waals surface area (Å²) in [5, 5.41) is 0. The molecule has 3 rings (SSSR count). The van der Waals surface area contributed by atoms with Gasteiger partial charge in [0.25, 0.3) is 5.91 Å². The topological polar surface area (TPSA) is 82.7 Å². The van der Waals surface area contributed by atoms with E-state index >= 15 is 0 Å². The van der Waals surface area contributed by atoms with E-state index in [4.69, 9.17) is 4.74 Å². The van der Waals surface area contributed by atoms with Crippen molar-refractivity contribution < 1.29 is 19.1 Å². The van der Waals surface area contributed by atoms with Gasteiger partial charge in [0.05, 0.1) is 12.7 Å². The van der Waals surface area contributed by atoms with Crippen LogP contribution in [0.3, 0.4) is 0 Å². The summed E-state index contributed by atoms with van der Waals surface area (Å²) in [5.41, 5.74) is 3.75. The van der Waals surface area contributed by atoms with Crippen LogP contribution in [0.5, 0.6) is 0 Å². The van der Waals surface area contributed by atoms with Gasteiger partial charge in [-0.1, -0.05) is 12.1 Å². The number of aromatic nitrogens is 1. The lowest BCUT2D eigenvalue weighted by Crippen LogP contribution is -2.36. The Morgan fingerprint density at radius 1 is 1.14 bits per heavy atom. The lowest BCUT2D eigenvalue weighted by molar-refractivity contribution is -0.130. The number of rotatable bonds is 4. The predicted octanol–water partition coefficient (Wildman–Crippen LogP) is 2.29. The van der Waals surface area contributed by atoms with Gasteiger partial charge in [0.15, 0.2) is 0 Å². The van der Waals surface area contributed by atoms with Gasteiger partial charge in [-0.05, 0) is 43.2 Å². The molecule has 2 amide bonds. The summed E-state index contributed by atoms with van der Waals surface area (Å²) in [6.45, 7) is 5.53. The number of aryl methyl sites for hydroxylation is 2. The van der Waals surface area contributed by atoms with Gasteiger partial charge in [-0.15, -0.1) is 0 Å². The Kier molecular flexibility index (Phi) is 5.82. The normalized spacial score (nSPS) is 14.8. The van der Waals surface area contributed by atoms with Gasteiger partial charge in [0, 0.05) is 38.3 Å². The van der Waals surface area contributed by atoms with Crippen LogP contribution >= 0.6 is 0 Å². The maximum atomic E-state index is 12.8. The molecule has 1 saturated heterocycles. The van der Waals surface area contributed by atoms with Gasteiger partial charge in [-0.25, -0.2) is 4.79 Å². The zero-order chi connectivity index (χ0) is 20.3. The average molecular weight is 383 g/mol. The van der Waals surface area contributed by atoms with Crippen molar-refractivity contribution in [1.82, 2.24) is 14.8 Å². The van der Waals surface area contributed by atoms with Crippen LogP contribution in [0.4, 0.5) is 0 Å². The van der Waals surface area contributed by atoms with Gasteiger partial charge < -0.3 is 19.5 Å². The predicted molar refractivity (Wildman–Crippen MR) is 104 cm³/mol. The molecule has 28 heavy (non-hydrogen) atoms. The number of nitrogens with one attached hydrogen (secondary N) is 1. The molecule has 0 atom stereocenters. The van der Waals surface area contributed by atoms with Gasteiger partial charge in [0.2, 0.25) is 5.91 Å². The molecule has 7 nitrogen and oxygen atoms in total. The van der Waals surface area contributed by atoms with Crippen LogP contribution < -0.4 is 0 Å². The highest BCUT2D eigenvalue weighted by Gasteiger charge is 2.26. The van der Waals surface area contributed by atoms with E-state index in [1.807, 2.05) is 26.0 Å². The van der Waals surface area contributed by atoms with E-state index in [2.05, 4.69) is 4.98 Å². The molecule has 2 aromatic rings. The van der Waals surface area contributed by atoms with Crippen molar-refractivity contribution >= 4 is 17.8 Å². The third-order valence-corrected chi connectivity index (χ3v) is 4.96. The molecule has 1 aliphatic rings. The number of carbonyl (C=O) groups is 3. The largest absolute Gasteiger partial charge is 0.465 e. The highest BCUT2D eigenvalue weighted by Crippen LogP contribution is 2.16. The molecule has 0 unspecified atom stereocenters. The number of methoxy groups -OCH3 is 1. The molecular formula is C21H25N3O4. The van der Waals surface area contributed by atoms with E-state index < -0.39 is 5.97 Å². The molecular weight excluding hydrogens is 358 g/mol. The fraction of sp³-hybridized carbons (Fsp3) is 0.381. The van der Waals surface area contributed by atoms with Crippen molar-refractivity contribution in [2.75, 3.05) is 26.7 Å². The number of amides is 2. The summed E-state index contributed by atoms with van der Waals surface area (Å²) < 4.78 is 4.75. The van der Waals surface area contributed by atoms with Crippen LogP contribution in [0.25, 0.3) is 0 Å². The van der Waals surface area contributed by atoms with Crippen molar-refractivity contribution in [3.8, 4) is 0 Å². The number of esters is 1. The average Bonchev–Trinajstić information content (AvgIpc) is 2.92. The summed E-state index contributed by atoms with van der Waals surface area (Å²) in [4.78, 5) is 43.7. The van der Waals surface area contributed by atoms with Gasteiger partial charge in [0.1, 0.15) is 5.69 Å². The fourth-order valence-corrected chi connectivity index (χ4v) is 3.48. The Hall–Kier alpha value is -3.09. The molecule has 148 valence electrons. The molecule has 1 aliphatic heterocycles. The summed E-state index contributed by atoms with van der Waals surface area (Å²) in [6, 6.07) is 9.00. The van der Waals surface area contributed by atoms with E-state index in [1.165, 1.54) is 7.11 Å². The molecule has 2 heterocycles. The maximum absolute atomic E-state index is 12.8. The minimum atomic E-state index is -0.405. The summed E-state index contributed by atoms with van der Waals surface area (Å²) in [7, 11) is 1.34. The van der Waals surface area contributed by atoms with Crippen molar-refractivity contribution in [3.63, 3.8) is 0 Å². The number of ether oxygens (including phenoxy) is 1. The molecule has 1 aromatic carbocycles. The second-order valence-electron chi connectivity index (χ2n) is 7.06. The van der Waals surface area contributed by atoms with Crippen molar-refractivity contribution in [2.45, 2.75) is 26.8 Å². The number of H-pyrrole nitrogens is 1. The Balaban J connectivity index is 1.69. The Morgan fingerprint density at radius 3 is 2.61 bits per heavy atom. The smallest absolute Gasteiger partial charge is 0.337 e. The number of hydrogen-bond acceptors (Lipinski definition) is 4. The Labute approximate surface area is 164 Å². The minimum Gasteiger partial charge on any atom is -0.465 e.